The Hall–Kier alpha value is -3.19. The van der Waals surface area contributed by atoms with E-state index in [2.05, 4.69) is 22.5 Å². The molecular weight excluding hydrogens is 452 g/mol. The molecule has 1 saturated heterocycles. The molecule has 3 rings (SSSR count). The Morgan fingerprint density at radius 3 is 2.44 bits per heavy atom. The van der Waals surface area contributed by atoms with Crippen LogP contribution in [0.2, 0.25) is 0 Å². The summed E-state index contributed by atoms with van der Waals surface area (Å²) < 4.78 is 20.1. The summed E-state index contributed by atoms with van der Waals surface area (Å²) in [5.41, 5.74) is 7.58. The van der Waals surface area contributed by atoms with E-state index in [0.717, 1.165) is 42.1 Å². The number of nitrogens with one attached hydrogen (secondary N) is 2. The Balaban J connectivity index is 0.000000337. The van der Waals surface area contributed by atoms with E-state index in [1.165, 1.54) is 0 Å². The van der Waals surface area contributed by atoms with Crippen LogP contribution in [0.5, 0.6) is 5.75 Å². The van der Waals surface area contributed by atoms with Gasteiger partial charge in [-0.15, -0.1) is 12.8 Å². The number of ether oxygens (including phenoxy) is 1. The second-order valence-corrected chi connectivity index (χ2v) is 8.71. The van der Waals surface area contributed by atoms with Gasteiger partial charge in [0.25, 0.3) is 0 Å². The van der Waals surface area contributed by atoms with Crippen LogP contribution < -0.4 is 15.8 Å². The Labute approximate surface area is 204 Å². The summed E-state index contributed by atoms with van der Waals surface area (Å²) in [6.07, 6.45) is 9.99. The number of anilines is 1. The van der Waals surface area contributed by atoms with Crippen molar-refractivity contribution in [3.8, 4) is 18.6 Å². The molecule has 184 valence electrons. The summed E-state index contributed by atoms with van der Waals surface area (Å²) in [4.78, 5) is 11.2. The number of carboxylic acids is 1. The molecule has 0 aromatic heterocycles. The second kappa shape index (κ2) is 15.6. The molecule has 34 heavy (non-hydrogen) atoms. The number of nitrogen functional groups attached to an aromatic ring is 1. The monoisotopic (exact) mass is 486 g/mol. The Morgan fingerprint density at radius 2 is 1.88 bits per heavy atom. The number of hydrogen-bond acceptors (Lipinski definition) is 6. The Kier molecular flexibility index (Phi) is 13.2. The number of carboxylic acid groups (broad SMARTS) is 1. The zero-order valence-electron chi connectivity index (χ0n) is 19.8. The Bertz CT molecular complexity index is 988. The average molecular weight is 487 g/mol. The van der Waals surface area contributed by atoms with Gasteiger partial charge in [-0.2, -0.15) is 0 Å². The third-order valence-corrected chi connectivity index (χ3v) is 6.42. The van der Waals surface area contributed by atoms with E-state index in [4.69, 9.17) is 21.0 Å². The number of aliphatic carboxylic acids is 1. The lowest BCUT2D eigenvalue weighted by molar-refractivity contribution is -0.135. The highest BCUT2D eigenvalue weighted by atomic mass is 32.2. The maximum absolute atomic E-state index is 12.6. The first-order valence-corrected chi connectivity index (χ1v) is 12.0. The zero-order chi connectivity index (χ0) is 25.5. The SMILES string of the molecule is C#C.CCOc1ccc(S(=O)N2CCCC2)c(CNC)c1.N=C(CC(=O)O)c1ccccc1N. The number of benzene rings is 2. The van der Waals surface area contributed by atoms with E-state index >= 15 is 0 Å². The van der Waals surface area contributed by atoms with Gasteiger partial charge in [0.2, 0.25) is 0 Å². The lowest BCUT2D eigenvalue weighted by Gasteiger charge is -2.17. The highest BCUT2D eigenvalue weighted by molar-refractivity contribution is 7.82. The number of nitrogens with two attached hydrogens (primary N) is 1. The van der Waals surface area contributed by atoms with Crippen LogP contribution in [0.15, 0.2) is 47.4 Å². The first-order valence-electron chi connectivity index (χ1n) is 10.9. The third kappa shape index (κ3) is 8.98. The molecule has 0 radical (unpaired) electrons. The van der Waals surface area contributed by atoms with Gasteiger partial charge in [-0.1, -0.05) is 18.2 Å². The van der Waals surface area contributed by atoms with E-state index in [-0.39, 0.29) is 12.1 Å². The van der Waals surface area contributed by atoms with Crippen molar-refractivity contribution >= 4 is 28.4 Å². The van der Waals surface area contributed by atoms with Crippen LogP contribution in [0.4, 0.5) is 5.69 Å². The molecule has 0 saturated carbocycles. The first-order chi connectivity index (χ1) is 16.4. The van der Waals surface area contributed by atoms with Gasteiger partial charge in [0.15, 0.2) is 0 Å². The second-order valence-electron chi connectivity index (χ2n) is 7.25. The van der Waals surface area contributed by atoms with Crippen LogP contribution in [0.3, 0.4) is 0 Å². The van der Waals surface area contributed by atoms with Crippen molar-refractivity contribution in [1.82, 2.24) is 9.62 Å². The standard InChI is InChI=1S/C14H22N2O2S.C9H10N2O2.C2H2/c1-3-18-13-6-7-14(12(10-13)11-15-2)19(17)16-8-4-5-9-16;10-7-4-2-1-3-6(7)8(11)5-9(12)13;1-2/h6-7,10,15H,3-5,8-9,11H2,1-2H3;1-4,11H,5,10H2,(H,12,13);1-2H. The highest BCUT2D eigenvalue weighted by Gasteiger charge is 2.21. The number of para-hydroxylation sites is 1. The molecule has 5 N–H and O–H groups in total. The van der Waals surface area contributed by atoms with E-state index in [1.807, 2.05) is 32.2 Å². The van der Waals surface area contributed by atoms with E-state index in [0.29, 0.717) is 24.4 Å². The molecule has 1 heterocycles. The van der Waals surface area contributed by atoms with E-state index in [9.17, 15) is 9.00 Å². The number of hydrogen-bond donors (Lipinski definition) is 4. The fraction of sp³-hybridized carbons (Fsp3) is 0.360. The summed E-state index contributed by atoms with van der Waals surface area (Å²) in [7, 11) is 0.853. The fourth-order valence-corrected chi connectivity index (χ4v) is 4.73. The predicted molar refractivity (Wildman–Crippen MR) is 137 cm³/mol. The maximum atomic E-state index is 12.6. The minimum absolute atomic E-state index is 0.0330. The summed E-state index contributed by atoms with van der Waals surface area (Å²) in [5, 5.41) is 19.0. The van der Waals surface area contributed by atoms with E-state index < -0.39 is 17.0 Å². The van der Waals surface area contributed by atoms with Crippen molar-refractivity contribution in [2.24, 2.45) is 0 Å². The van der Waals surface area contributed by atoms with Gasteiger partial charge in [0, 0.05) is 30.9 Å². The van der Waals surface area contributed by atoms with Gasteiger partial charge in [-0.25, -0.2) is 8.51 Å². The van der Waals surface area contributed by atoms with Crippen molar-refractivity contribution in [1.29, 1.82) is 5.41 Å². The topological polar surface area (TPSA) is 129 Å². The fourth-order valence-electron chi connectivity index (χ4n) is 3.32. The third-order valence-electron chi connectivity index (χ3n) is 4.81. The summed E-state index contributed by atoms with van der Waals surface area (Å²) in [6.45, 7) is 5.18. The van der Waals surface area contributed by atoms with Crippen molar-refractivity contribution in [3.63, 3.8) is 0 Å². The molecule has 0 spiro atoms. The van der Waals surface area contributed by atoms with Crippen molar-refractivity contribution in [2.45, 2.75) is 37.6 Å². The van der Waals surface area contributed by atoms with E-state index in [1.54, 1.807) is 24.3 Å². The molecule has 1 aliphatic rings. The molecule has 0 bridgehead atoms. The normalized spacial score (nSPS) is 13.5. The zero-order valence-corrected chi connectivity index (χ0v) is 20.6. The molecule has 1 aliphatic heterocycles. The Morgan fingerprint density at radius 1 is 1.24 bits per heavy atom. The summed E-state index contributed by atoms with van der Waals surface area (Å²) >= 11 is 0. The minimum Gasteiger partial charge on any atom is -0.494 e. The van der Waals surface area contributed by atoms with Gasteiger partial charge < -0.3 is 26.3 Å². The quantitative estimate of drug-likeness (QED) is 0.245. The van der Waals surface area contributed by atoms with Crippen molar-refractivity contribution in [3.05, 3.63) is 53.6 Å². The van der Waals surface area contributed by atoms with Crippen LogP contribution in [-0.4, -0.2) is 52.0 Å². The lowest BCUT2D eigenvalue weighted by Crippen LogP contribution is -2.23. The van der Waals surface area contributed by atoms with Crippen molar-refractivity contribution < 1.29 is 18.8 Å². The smallest absolute Gasteiger partial charge is 0.309 e. The van der Waals surface area contributed by atoms with Crippen LogP contribution >= 0.6 is 0 Å². The number of carbonyl (C=O) groups is 1. The van der Waals surface area contributed by atoms with Crippen molar-refractivity contribution in [2.75, 3.05) is 32.5 Å². The summed E-state index contributed by atoms with van der Waals surface area (Å²) in [6, 6.07) is 12.6. The number of rotatable bonds is 9. The van der Waals surface area contributed by atoms with Crippen LogP contribution in [0.1, 0.15) is 37.3 Å². The maximum Gasteiger partial charge on any atom is 0.309 e. The summed E-state index contributed by atoms with van der Waals surface area (Å²) in [5.74, 6) is -0.178. The van der Waals surface area contributed by atoms with Gasteiger partial charge in [0.05, 0.1) is 23.6 Å². The van der Waals surface area contributed by atoms with Crippen LogP contribution in [-0.2, 0) is 22.3 Å². The van der Waals surface area contributed by atoms with Gasteiger partial charge in [-0.05, 0) is 56.6 Å². The molecule has 8 nitrogen and oxygen atoms in total. The molecular formula is C25H34N4O4S. The molecule has 9 heteroatoms. The molecule has 2 aromatic rings. The largest absolute Gasteiger partial charge is 0.494 e. The van der Waals surface area contributed by atoms with Gasteiger partial charge >= 0.3 is 5.97 Å². The van der Waals surface area contributed by atoms with Crippen LogP contribution in [0, 0.1) is 18.3 Å². The molecule has 1 fully saturated rings. The van der Waals surface area contributed by atoms with Gasteiger partial charge in [0.1, 0.15) is 16.7 Å². The average Bonchev–Trinajstić information content (AvgIpc) is 3.36. The highest BCUT2D eigenvalue weighted by Crippen LogP contribution is 2.24. The molecule has 1 unspecified atom stereocenters. The number of terminal acetylenes is 1. The number of nitrogens with zero attached hydrogens (tertiary/aromatic N) is 1. The first kappa shape index (κ1) is 28.8. The molecule has 1 atom stereocenters. The van der Waals surface area contributed by atoms with Crippen LogP contribution in [0.25, 0.3) is 0 Å². The molecule has 0 aliphatic carbocycles. The molecule has 0 amide bonds. The minimum atomic E-state index is -1.05. The predicted octanol–water partition coefficient (Wildman–Crippen LogP) is 3.28. The molecule has 2 aromatic carbocycles. The van der Waals surface area contributed by atoms with Gasteiger partial charge in [-0.3, -0.25) is 4.79 Å². The lowest BCUT2D eigenvalue weighted by atomic mass is 10.1.